The van der Waals surface area contributed by atoms with E-state index in [0.29, 0.717) is 17.9 Å². The van der Waals surface area contributed by atoms with Crippen LogP contribution in [-0.2, 0) is 4.79 Å². The molecule has 2 saturated carbocycles. The van der Waals surface area contributed by atoms with Gasteiger partial charge in [-0.05, 0) is 67.1 Å². The summed E-state index contributed by atoms with van der Waals surface area (Å²) in [5, 5.41) is 3.18. The van der Waals surface area contributed by atoms with Crippen LogP contribution in [-0.4, -0.2) is 11.9 Å². The summed E-state index contributed by atoms with van der Waals surface area (Å²) in [6.07, 6.45) is 9.07. The van der Waals surface area contributed by atoms with Crippen LogP contribution in [0.1, 0.15) is 63.5 Å². The molecule has 2 heteroatoms. The van der Waals surface area contributed by atoms with E-state index in [0.717, 1.165) is 17.4 Å². The number of fused-ring (bicyclic) bond motifs is 2. The fourth-order valence-electron chi connectivity index (χ4n) is 4.45. The number of hydrogen-bond acceptors (Lipinski definition) is 1. The molecule has 1 amide bonds. The third-order valence-electron chi connectivity index (χ3n) is 5.84. The van der Waals surface area contributed by atoms with Crippen molar-refractivity contribution >= 4 is 12.0 Å². The number of nitrogens with one attached hydrogen (secondary N) is 1. The van der Waals surface area contributed by atoms with Crippen molar-refractivity contribution in [3.05, 3.63) is 41.5 Å². The highest BCUT2D eigenvalue weighted by Gasteiger charge is 2.41. The van der Waals surface area contributed by atoms with E-state index < -0.39 is 0 Å². The summed E-state index contributed by atoms with van der Waals surface area (Å²) < 4.78 is 0. The second kappa shape index (κ2) is 6.90. The maximum absolute atomic E-state index is 12.2. The molecule has 23 heavy (non-hydrogen) atoms. The van der Waals surface area contributed by atoms with Gasteiger partial charge in [-0.1, -0.05) is 44.5 Å². The standard InChI is InChI=1S/C21H29NO/c1-14(2)18-8-4-16(5-9-18)7-11-21(23)22-15(3)20-13-17-6-10-19(20)12-17/h4-5,7-9,11,14-15,17,19-20H,6,10,12-13H2,1-3H3,(H,22,23)/b11-7+/t15-,17+,19+,20-/m1/s1. The summed E-state index contributed by atoms with van der Waals surface area (Å²) >= 11 is 0. The highest BCUT2D eigenvalue weighted by Crippen LogP contribution is 2.49. The second-order valence-electron chi connectivity index (χ2n) is 7.79. The zero-order chi connectivity index (χ0) is 16.4. The summed E-state index contributed by atoms with van der Waals surface area (Å²) in [5.41, 5.74) is 2.41. The first-order chi connectivity index (χ1) is 11.0. The van der Waals surface area contributed by atoms with E-state index in [9.17, 15) is 4.79 Å². The van der Waals surface area contributed by atoms with Gasteiger partial charge in [0.25, 0.3) is 0 Å². The van der Waals surface area contributed by atoms with E-state index in [1.165, 1.54) is 31.2 Å². The Balaban J connectivity index is 1.52. The third-order valence-corrected chi connectivity index (χ3v) is 5.84. The molecule has 1 N–H and O–H groups in total. The van der Waals surface area contributed by atoms with Crippen molar-refractivity contribution < 1.29 is 4.79 Å². The molecule has 0 radical (unpaired) electrons. The highest BCUT2D eigenvalue weighted by atomic mass is 16.1. The fraction of sp³-hybridized carbons (Fsp3) is 0.571. The molecule has 0 unspecified atom stereocenters. The monoisotopic (exact) mass is 311 g/mol. The predicted molar refractivity (Wildman–Crippen MR) is 96.1 cm³/mol. The van der Waals surface area contributed by atoms with Crippen LogP contribution in [0.3, 0.4) is 0 Å². The zero-order valence-corrected chi connectivity index (χ0v) is 14.6. The highest BCUT2D eigenvalue weighted by molar-refractivity contribution is 5.91. The van der Waals surface area contributed by atoms with Crippen LogP contribution in [0.4, 0.5) is 0 Å². The van der Waals surface area contributed by atoms with E-state index in [2.05, 4.69) is 50.4 Å². The summed E-state index contributed by atoms with van der Waals surface area (Å²) in [6.45, 7) is 6.55. The molecule has 1 aromatic carbocycles. The Morgan fingerprint density at radius 2 is 1.87 bits per heavy atom. The van der Waals surface area contributed by atoms with Gasteiger partial charge in [0.1, 0.15) is 0 Å². The number of carbonyl (C=O) groups is 1. The van der Waals surface area contributed by atoms with Crippen molar-refractivity contribution in [2.45, 2.75) is 58.4 Å². The minimum Gasteiger partial charge on any atom is -0.350 e. The Bertz CT molecular complexity index is 572. The third kappa shape index (κ3) is 3.85. The van der Waals surface area contributed by atoms with Crippen LogP contribution in [0, 0.1) is 17.8 Å². The van der Waals surface area contributed by atoms with Gasteiger partial charge in [-0.15, -0.1) is 0 Å². The van der Waals surface area contributed by atoms with Gasteiger partial charge in [0.15, 0.2) is 0 Å². The van der Waals surface area contributed by atoms with E-state index in [1.54, 1.807) is 6.08 Å². The molecule has 2 nitrogen and oxygen atoms in total. The quantitative estimate of drug-likeness (QED) is 0.780. The topological polar surface area (TPSA) is 29.1 Å². The van der Waals surface area contributed by atoms with E-state index in [4.69, 9.17) is 0 Å². The average molecular weight is 311 g/mol. The largest absolute Gasteiger partial charge is 0.350 e. The fourth-order valence-corrected chi connectivity index (χ4v) is 4.45. The summed E-state index contributed by atoms with van der Waals surface area (Å²) in [7, 11) is 0. The van der Waals surface area contributed by atoms with Gasteiger partial charge in [-0.25, -0.2) is 0 Å². The smallest absolute Gasteiger partial charge is 0.244 e. The maximum atomic E-state index is 12.2. The lowest BCUT2D eigenvalue weighted by Crippen LogP contribution is -2.39. The van der Waals surface area contributed by atoms with Crippen molar-refractivity contribution in [3.63, 3.8) is 0 Å². The van der Waals surface area contributed by atoms with Crippen molar-refractivity contribution in [3.8, 4) is 0 Å². The second-order valence-corrected chi connectivity index (χ2v) is 7.79. The molecular weight excluding hydrogens is 282 g/mol. The minimum absolute atomic E-state index is 0.0354. The van der Waals surface area contributed by atoms with Gasteiger partial charge in [-0.2, -0.15) is 0 Å². The van der Waals surface area contributed by atoms with Crippen LogP contribution in [0.2, 0.25) is 0 Å². The number of amides is 1. The SMILES string of the molecule is CC(C)c1ccc(/C=C/C(=O)N[C@H](C)[C@H]2C[C@H]3CC[C@H]2C3)cc1. The number of hydrogen-bond donors (Lipinski definition) is 1. The molecule has 1 aromatic rings. The first-order valence-corrected chi connectivity index (χ1v) is 9.11. The Kier molecular flexibility index (Phi) is 4.89. The Morgan fingerprint density at radius 1 is 1.13 bits per heavy atom. The van der Waals surface area contributed by atoms with Gasteiger partial charge < -0.3 is 5.32 Å². The van der Waals surface area contributed by atoms with Crippen LogP contribution in [0.25, 0.3) is 6.08 Å². The molecule has 4 atom stereocenters. The van der Waals surface area contributed by atoms with Crippen LogP contribution in [0.15, 0.2) is 30.3 Å². The summed E-state index contributed by atoms with van der Waals surface area (Å²) in [5.74, 6) is 3.05. The van der Waals surface area contributed by atoms with Crippen molar-refractivity contribution in [2.75, 3.05) is 0 Å². The molecule has 3 rings (SSSR count). The summed E-state index contributed by atoms with van der Waals surface area (Å²) in [6, 6.07) is 8.74. The molecule has 0 heterocycles. The number of rotatable bonds is 5. The molecule has 0 aliphatic heterocycles. The predicted octanol–water partition coefficient (Wildman–Crippen LogP) is 4.76. The minimum atomic E-state index is 0.0354. The van der Waals surface area contributed by atoms with Crippen LogP contribution in [0.5, 0.6) is 0 Å². The maximum Gasteiger partial charge on any atom is 0.244 e. The normalized spacial score (nSPS) is 27.7. The lowest BCUT2D eigenvalue weighted by Gasteiger charge is -2.28. The van der Waals surface area contributed by atoms with Crippen molar-refractivity contribution in [1.29, 1.82) is 0 Å². The van der Waals surface area contributed by atoms with Gasteiger partial charge >= 0.3 is 0 Å². The van der Waals surface area contributed by atoms with Crippen molar-refractivity contribution in [1.82, 2.24) is 5.32 Å². The van der Waals surface area contributed by atoms with E-state index in [1.807, 2.05) is 6.08 Å². The molecule has 0 spiro atoms. The molecule has 2 aliphatic carbocycles. The number of carbonyl (C=O) groups excluding carboxylic acids is 1. The molecule has 2 bridgehead atoms. The molecule has 2 fully saturated rings. The van der Waals surface area contributed by atoms with E-state index >= 15 is 0 Å². The van der Waals surface area contributed by atoms with Crippen LogP contribution < -0.4 is 5.32 Å². The molecule has 124 valence electrons. The van der Waals surface area contributed by atoms with Gasteiger partial charge in [0.05, 0.1) is 0 Å². The first-order valence-electron chi connectivity index (χ1n) is 9.11. The van der Waals surface area contributed by atoms with Crippen molar-refractivity contribution in [2.24, 2.45) is 17.8 Å². The zero-order valence-electron chi connectivity index (χ0n) is 14.6. The Hall–Kier alpha value is -1.57. The molecular formula is C21H29NO. The summed E-state index contributed by atoms with van der Waals surface area (Å²) in [4.78, 5) is 12.2. The van der Waals surface area contributed by atoms with Gasteiger partial charge in [0, 0.05) is 12.1 Å². The first kappa shape index (κ1) is 16.3. The lowest BCUT2D eigenvalue weighted by molar-refractivity contribution is -0.117. The lowest BCUT2D eigenvalue weighted by atomic mass is 9.84. The number of benzene rings is 1. The van der Waals surface area contributed by atoms with Gasteiger partial charge in [-0.3, -0.25) is 4.79 Å². The molecule has 2 aliphatic rings. The van der Waals surface area contributed by atoms with E-state index in [-0.39, 0.29) is 5.91 Å². The Morgan fingerprint density at radius 3 is 2.43 bits per heavy atom. The average Bonchev–Trinajstić information content (AvgIpc) is 3.16. The molecule has 0 saturated heterocycles. The van der Waals surface area contributed by atoms with Crippen LogP contribution >= 0.6 is 0 Å². The molecule has 0 aromatic heterocycles. The van der Waals surface area contributed by atoms with Gasteiger partial charge in [0.2, 0.25) is 5.91 Å². The Labute approximate surface area is 140 Å².